The van der Waals surface area contributed by atoms with Crippen LogP contribution >= 0.6 is 11.3 Å². The summed E-state index contributed by atoms with van der Waals surface area (Å²) in [6.45, 7) is 0.307. The molecule has 1 aliphatic heterocycles. The van der Waals surface area contributed by atoms with Crippen LogP contribution in [0.25, 0.3) is 0 Å². The highest BCUT2D eigenvalue weighted by Gasteiger charge is 2.41. The van der Waals surface area contributed by atoms with Crippen molar-refractivity contribution >= 4 is 22.4 Å². The van der Waals surface area contributed by atoms with Crippen LogP contribution in [0.1, 0.15) is 12.1 Å². The van der Waals surface area contributed by atoms with Crippen LogP contribution in [0.5, 0.6) is 0 Å². The lowest BCUT2D eigenvalue weighted by atomic mass is 10.2. The van der Waals surface area contributed by atoms with Gasteiger partial charge in [0, 0.05) is 25.5 Å². The number of carbonyl (C=O) groups is 1. The predicted octanol–water partition coefficient (Wildman–Crippen LogP) is 1.93. The van der Waals surface area contributed by atoms with E-state index in [4.69, 9.17) is 4.74 Å². The Balaban J connectivity index is 2.24. The maximum absolute atomic E-state index is 12.6. The zero-order valence-electron chi connectivity index (χ0n) is 10.8. The van der Waals surface area contributed by atoms with Crippen molar-refractivity contribution in [3.05, 3.63) is 11.1 Å². The number of halogens is 3. The molecule has 1 aromatic heterocycles. The number of methoxy groups -OCH3 is 2. The molecule has 0 amide bonds. The van der Waals surface area contributed by atoms with Gasteiger partial charge in [0.2, 0.25) is 0 Å². The van der Waals surface area contributed by atoms with Crippen LogP contribution in [0.2, 0.25) is 0 Å². The Labute approximate surface area is 117 Å². The van der Waals surface area contributed by atoms with E-state index in [1.807, 2.05) is 0 Å². The molecule has 0 spiro atoms. The lowest BCUT2D eigenvalue weighted by Crippen LogP contribution is -2.37. The summed E-state index contributed by atoms with van der Waals surface area (Å²) in [4.78, 5) is 16.8. The molecule has 0 bridgehead atoms. The summed E-state index contributed by atoms with van der Waals surface area (Å²) in [5, 5.41) is 1.08. The van der Waals surface area contributed by atoms with Gasteiger partial charge in [0.15, 0.2) is 10.8 Å². The molecule has 1 aromatic rings. The van der Waals surface area contributed by atoms with Crippen molar-refractivity contribution < 1.29 is 27.4 Å². The first kappa shape index (κ1) is 15.0. The third-order valence-electron chi connectivity index (χ3n) is 3.10. The molecule has 0 saturated carbocycles. The van der Waals surface area contributed by atoms with E-state index in [-0.39, 0.29) is 11.2 Å². The number of esters is 1. The highest BCUT2D eigenvalue weighted by molar-refractivity contribution is 7.13. The Morgan fingerprint density at radius 3 is 2.70 bits per heavy atom. The molecule has 5 nitrogen and oxygen atoms in total. The van der Waals surface area contributed by atoms with Gasteiger partial charge >= 0.3 is 12.1 Å². The second-order valence-electron chi connectivity index (χ2n) is 4.30. The molecule has 0 aromatic carbocycles. The van der Waals surface area contributed by atoms with Gasteiger partial charge in [0.05, 0.1) is 13.2 Å². The van der Waals surface area contributed by atoms with Crippen molar-refractivity contribution in [2.45, 2.75) is 24.7 Å². The van der Waals surface area contributed by atoms with Crippen molar-refractivity contribution in [1.29, 1.82) is 0 Å². The lowest BCUT2D eigenvalue weighted by molar-refractivity contribution is -0.142. The average Bonchev–Trinajstić information content (AvgIpc) is 3.02. The fourth-order valence-corrected chi connectivity index (χ4v) is 2.96. The third-order valence-corrected chi connectivity index (χ3v) is 3.98. The molecule has 1 aliphatic rings. The summed E-state index contributed by atoms with van der Waals surface area (Å²) in [7, 11) is 2.73. The molecule has 2 heterocycles. The van der Waals surface area contributed by atoms with E-state index < -0.39 is 23.9 Å². The number of alkyl halides is 3. The molecule has 20 heavy (non-hydrogen) atoms. The Morgan fingerprint density at radius 1 is 1.50 bits per heavy atom. The lowest BCUT2D eigenvalue weighted by Gasteiger charge is -2.21. The molecule has 2 atom stereocenters. The van der Waals surface area contributed by atoms with Gasteiger partial charge in [-0.3, -0.25) is 0 Å². The summed E-state index contributed by atoms with van der Waals surface area (Å²) in [5.41, 5.74) is -0.956. The molecule has 2 rings (SSSR count). The summed E-state index contributed by atoms with van der Waals surface area (Å²) in [6.07, 6.45) is -4.36. The van der Waals surface area contributed by atoms with Gasteiger partial charge in [-0.1, -0.05) is 0 Å². The SMILES string of the molecule is COC(=O)[C@H]1C[C@@H](OC)CN1c1nc(C(F)(F)F)cs1. The fraction of sp³-hybridized carbons (Fsp3) is 0.636. The monoisotopic (exact) mass is 310 g/mol. The van der Waals surface area contributed by atoms with E-state index in [1.54, 1.807) is 0 Å². The summed E-state index contributed by atoms with van der Waals surface area (Å²) >= 11 is 0.849. The Bertz CT molecular complexity index is 492. The number of hydrogen-bond acceptors (Lipinski definition) is 6. The van der Waals surface area contributed by atoms with Gasteiger partial charge in [0.1, 0.15) is 6.04 Å². The van der Waals surface area contributed by atoms with Crippen molar-refractivity contribution in [1.82, 2.24) is 4.98 Å². The Hall–Kier alpha value is -1.35. The van der Waals surface area contributed by atoms with Gasteiger partial charge in [-0.05, 0) is 0 Å². The number of hydrogen-bond donors (Lipinski definition) is 0. The van der Waals surface area contributed by atoms with Crippen LogP contribution in [-0.2, 0) is 20.4 Å². The maximum atomic E-state index is 12.6. The zero-order chi connectivity index (χ0) is 14.9. The number of rotatable bonds is 3. The van der Waals surface area contributed by atoms with Gasteiger partial charge in [-0.25, -0.2) is 9.78 Å². The van der Waals surface area contributed by atoms with Crippen molar-refractivity contribution in [2.24, 2.45) is 0 Å². The number of ether oxygens (including phenoxy) is 2. The maximum Gasteiger partial charge on any atom is 0.434 e. The first-order valence-corrected chi connectivity index (χ1v) is 6.64. The number of anilines is 1. The number of nitrogens with zero attached hydrogens (tertiary/aromatic N) is 2. The van der Waals surface area contributed by atoms with E-state index in [1.165, 1.54) is 19.1 Å². The first-order valence-electron chi connectivity index (χ1n) is 5.76. The van der Waals surface area contributed by atoms with Gasteiger partial charge < -0.3 is 14.4 Å². The van der Waals surface area contributed by atoms with E-state index in [0.29, 0.717) is 13.0 Å². The molecule has 0 N–H and O–H groups in total. The van der Waals surface area contributed by atoms with E-state index in [9.17, 15) is 18.0 Å². The van der Waals surface area contributed by atoms with Crippen LogP contribution in [0.3, 0.4) is 0 Å². The molecule has 9 heteroatoms. The van der Waals surface area contributed by atoms with Crippen LogP contribution in [0.15, 0.2) is 5.38 Å². The smallest absolute Gasteiger partial charge is 0.434 e. The second-order valence-corrected chi connectivity index (χ2v) is 5.13. The molecule has 0 radical (unpaired) electrons. The van der Waals surface area contributed by atoms with Crippen molar-refractivity contribution in [2.75, 3.05) is 25.7 Å². The summed E-state index contributed by atoms with van der Waals surface area (Å²) in [5.74, 6) is -0.506. The minimum absolute atomic E-state index is 0.146. The zero-order valence-corrected chi connectivity index (χ0v) is 11.6. The molecule has 0 aliphatic carbocycles. The molecule has 1 saturated heterocycles. The molecular formula is C11H13F3N2O3S. The molecule has 0 unspecified atom stereocenters. The first-order chi connectivity index (χ1) is 9.36. The molecule has 1 fully saturated rings. The summed E-state index contributed by atoms with van der Waals surface area (Å²) in [6, 6.07) is -0.669. The van der Waals surface area contributed by atoms with Crippen LogP contribution in [-0.4, -0.2) is 43.9 Å². The quantitative estimate of drug-likeness (QED) is 0.799. The van der Waals surface area contributed by atoms with E-state index >= 15 is 0 Å². The normalized spacial score (nSPS) is 23.1. The molecule has 112 valence electrons. The van der Waals surface area contributed by atoms with Gasteiger partial charge in [0.25, 0.3) is 0 Å². The van der Waals surface area contributed by atoms with Crippen LogP contribution in [0, 0.1) is 0 Å². The number of thiazole rings is 1. The fourth-order valence-electron chi connectivity index (χ4n) is 2.07. The third kappa shape index (κ3) is 2.88. The second kappa shape index (κ2) is 5.57. The highest BCUT2D eigenvalue weighted by atomic mass is 32.1. The topological polar surface area (TPSA) is 51.7 Å². The van der Waals surface area contributed by atoms with Crippen LogP contribution < -0.4 is 4.90 Å². The summed E-state index contributed by atoms with van der Waals surface area (Å²) < 4.78 is 47.5. The minimum atomic E-state index is -4.49. The van der Waals surface area contributed by atoms with Crippen LogP contribution in [0.4, 0.5) is 18.3 Å². The van der Waals surface area contributed by atoms with Crippen molar-refractivity contribution in [3.8, 4) is 0 Å². The van der Waals surface area contributed by atoms with E-state index in [2.05, 4.69) is 9.72 Å². The van der Waals surface area contributed by atoms with Crippen molar-refractivity contribution in [3.63, 3.8) is 0 Å². The Morgan fingerprint density at radius 2 is 2.20 bits per heavy atom. The average molecular weight is 310 g/mol. The van der Waals surface area contributed by atoms with E-state index in [0.717, 1.165) is 16.7 Å². The predicted molar refractivity (Wildman–Crippen MR) is 65.7 cm³/mol. The van der Waals surface area contributed by atoms with Gasteiger partial charge in [-0.15, -0.1) is 11.3 Å². The standard InChI is InChI=1S/C11H13F3N2O3S/c1-18-6-3-7(9(17)19-2)16(4-6)10-15-8(5-20-10)11(12,13)14/h5-7H,3-4H2,1-2H3/t6-,7-/m1/s1. The van der Waals surface area contributed by atoms with Gasteiger partial charge in [-0.2, -0.15) is 13.2 Å². The Kier molecular flexibility index (Phi) is 4.19. The highest BCUT2D eigenvalue weighted by Crippen LogP contribution is 2.35. The number of carbonyl (C=O) groups excluding carboxylic acids is 1. The molecular weight excluding hydrogens is 297 g/mol. The minimum Gasteiger partial charge on any atom is -0.467 e. The largest absolute Gasteiger partial charge is 0.467 e. The number of aromatic nitrogens is 1.